The highest BCUT2D eigenvalue weighted by Gasteiger charge is 2.22. The molecule has 3 unspecified atom stereocenters. The van der Waals surface area contributed by atoms with Gasteiger partial charge in [-0.25, -0.2) is 0 Å². The molecule has 0 aliphatic heterocycles. The van der Waals surface area contributed by atoms with Crippen molar-refractivity contribution in [2.75, 3.05) is 0 Å². The number of rotatable bonds is 3. The molecular formula is C14H19BrClNO. The van der Waals surface area contributed by atoms with Crippen LogP contribution >= 0.6 is 27.5 Å². The summed E-state index contributed by atoms with van der Waals surface area (Å²) in [5, 5.41) is 14.0. The predicted molar refractivity (Wildman–Crippen MR) is 79.0 cm³/mol. The zero-order valence-corrected chi connectivity index (χ0v) is 12.8. The van der Waals surface area contributed by atoms with E-state index >= 15 is 0 Å². The van der Waals surface area contributed by atoms with E-state index in [-0.39, 0.29) is 12.1 Å². The Bertz CT molecular complexity index is 413. The van der Waals surface area contributed by atoms with Crippen molar-refractivity contribution < 1.29 is 5.11 Å². The largest absolute Gasteiger partial charge is 0.393 e. The molecule has 0 aromatic heterocycles. The van der Waals surface area contributed by atoms with Crippen molar-refractivity contribution in [3.8, 4) is 0 Å². The lowest BCUT2D eigenvalue weighted by Gasteiger charge is -2.30. The van der Waals surface area contributed by atoms with Gasteiger partial charge in [0.1, 0.15) is 0 Å². The SMILES string of the molecule is CC(NC1CCCC(O)C1)c1ccc(Br)cc1Cl. The summed E-state index contributed by atoms with van der Waals surface area (Å²) < 4.78 is 0.997. The molecule has 4 heteroatoms. The molecule has 1 aliphatic rings. The summed E-state index contributed by atoms with van der Waals surface area (Å²) >= 11 is 9.67. The number of nitrogens with one attached hydrogen (secondary N) is 1. The number of hydrogen-bond donors (Lipinski definition) is 2. The van der Waals surface area contributed by atoms with Gasteiger partial charge >= 0.3 is 0 Å². The summed E-state index contributed by atoms with van der Waals surface area (Å²) in [4.78, 5) is 0. The molecule has 0 heterocycles. The minimum atomic E-state index is -0.149. The standard InChI is InChI=1S/C14H19BrClNO/c1-9(13-6-5-10(15)7-14(13)16)17-11-3-2-4-12(18)8-11/h5-7,9,11-12,17-18H,2-4,8H2,1H3. The summed E-state index contributed by atoms with van der Waals surface area (Å²) in [6.45, 7) is 2.12. The lowest BCUT2D eigenvalue weighted by Crippen LogP contribution is -2.37. The van der Waals surface area contributed by atoms with Crippen LogP contribution in [0.15, 0.2) is 22.7 Å². The number of aliphatic hydroxyl groups is 1. The minimum Gasteiger partial charge on any atom is -0.393 e. The maximum absolute atomic E-state index is 9.68. The van der Waals surface area contributed by atoms with E-state index in [0.29, 0.717) is 6.04 Å². The lowest BCUT2D eigenvalue weighted by atomic mass is 9.92. The molecule has 2 nitrogen and oxygen atoms in total. The molecule has 1 aromatic rings. The molecular weight excluding hydrogens is 314 g/mol. The zero-order valence-electron chi connectivity index (χ0n) is 10.5. The van der Waals surface area contributed by atoms with Gasteiger partial charge in [0.15, 0.2) is 0 Å². The molecule has 0 bridgehead atoms. The third-order valence-corrected chi connectivity index (χ3v) is 4.38. The van der Waals surface area contributed by atoms with Crippen molar-refractivity contribution in [2.45, 2.75) is 50.8 Å². The molecule has 2 rings (SSSR count). The van der Waals surface area contributed by atoms with Crippen molar-refractivity contribution in [3.63, 3.8) is 0 Å². The Balaban J connectivity index is 2.00. The highest BCUT2D eigenvalue weighted by molar-refractivity contribution is 9.10. The average molecular weight is 333 g/mol. The van der Waals surface area contributed by atoms with Crippen LogP contribution < -0.4 is 5.32 Å². The first-order valence-electron chi connectivity index (χ1n) is 6.45. The van der Waals surface area contributed by atoms with Crippen molar-refractivity contribution in [2.24, 2.45) is 0 Å². The van der Waals surface area contributed by atoms with E-state index in [9.17, 15) is 5.11 Å². The average Bonchev–Trinajstić information content (AvgIpc) is 2.28. The molecule has 0 amide bonds. The van der Waals surface area contributed by atoms with E-state index in [1.165, 1.54) is 0 Å². The predicted octanol–water partition coefficient (Wildman–Crippen LogP) is 4.06. The van der Waals surface area contributed by atoms with Crippen LogP contribution in [0.4, 0.5) is 0 Å². The number of benzene rings is 1. The molecule has 3 atom stereocenters. The molecule has 2 N–H and O–H groups in total. The molecule has 1 aromatic carbocycles. The van der Waals surface area contributed by atoms with Crippen molar-refractivity contribution >= 4 is 27.5 Å². The second kappa shape index (κ2) is 6.38. The first-order chi connectivity index (χ1) is 8.56. The van der Waals surface area contributed by atoms with Crippen molar-refractivity contribution in [1.29, 1.82) is 0 Å². The third kappa shape index (κ3) is 3.70. The Morgan fingerprint density at radius 1 is 1.44 bits per heavy atom. The van der Waals surface area contributed by atoms with Crippen LogP contribution in [-0.4, -0.2) is 17.3 Å². The maximum Gasteiger partial charge on any atom is 0.0555 e. The van der Waals surface area contributed by atoms with Gasteiger partial charge in [0.25, 0.3) is 0 Å². The molecule has 0 saturated heterocycles. The van der Waals surface area contributed by atoms with E-state index in [1.807, 2.05) is 18.2 Å². The van der Waals surface area contributed by atoms with Crippen LogP contribution in [0.5, 0.6) is 0 Å². The van der Waals surface area contributed by atoms with Gasteiger partial charge in [0.2, 0.25) is 0 Å². The summed E-state index contributed by atoms with van der Waals surface area (Å²) in [6, 6.07) is 6.58. The second-order valence-electron chi connectivity index (χ2n) is 5.07. The van der Waals surface area contributed by atoms with Crippen LogP contribution in [0, 0.1) is 0 Å². The molecule has 1 fully saturated rings. The lowest BCUT2D eigenvalue weighted by molar-refractivity contribution is 0.109. The highest BCUT2D eigenvalue weighted by atomic mass is 79.9. The van der Waals surface area contributed by atoms with Gasteiger partial charge < -0.3 is 10.4 Å². The van der Waals surface area contributed by atoms with Crippen LogP contribution in [0.2, 0.25) is 5.02 Å². The molecule has 100 valence electrons. The van der Waals surface area contributed by atoms with Crippen LogP contribution in [0.25, 0.3) is 0 Å². The van der Waals surface area contributed by atoms with E-state index in [2.05, 4.69) is 28.2 Å². The van der Waals surface area contributed by atoms with E-state index in [0.717, 1.165) is 40.7 Å². The Labute approximate surface area is 122 Å². The minimum absolute atomic E-state index is 0.149. The molecule has 1 saturated carbocycles. The van der Waals surface area contributed by atoms with Gasteiger partial charge in [-0.05, 0) is 50.3 Å². The Morgan fingerprint density at radius 2 is 2.22 bits per heavy atom. The fourth-order valence-corrected chi connectivity index (χ4v) is 3.45. The summed E-state index contributed by atoms with van der Waals surface area (Å²) in [5.74, 6) is 0. The molecule has 18 heavy (non-hydrogen) atoms. The maximum atomic E-state index is 9.68. The molecule has 1 aliphatic carbocycles. The van der Waals surface area contributed by atoms with Crippen molar-refractivity contribution in [1.82, 2.24) is 5.32 Å². The fourth-order valence-electron chi connectivity index (χ4n) is 2.61. The summed E-state index contributed by atoms with van der Waals surface area (Å²) in [6.07, 6.45) is 3.86. The topological polar surface area (TPSA) is 32.3 Å². The Hall–Kier alpha value is -0.0900. The number of halogens is 2. The second-order valence-corrected chi connectivity index (χ2v) is 6.39. The first kappa shape index (κ1) is 14.3. The van der Waals surface area contributed by atoms with Gasteiger partial charge in [0.05, 0.1) is 6.10 Å². The summed E-state index contributed by atoms with van der Waals surface area (Å²) in [5.41, 5.74) is 1.11. The van der Waals surface area contributed by atoms with Gasteiger partial charge in [-0.3, -0.25) is 0 Å². The summed E-state index contributed by atoms with van der Waals surface area (Å²) in [7, 11) is 0. The Kier molecular flexibility index (Phi) is 5.07. The third-order valence-electron chi connectivity index (χ3n) is 3.56. The van der Waals surface area contributed by atoms with E-state index < -0.39 is 0 Å². The quantitative estimate of drug-likeness (QED) is 0.875. The fraction of sp³-hybridized carbons (Fsp3) is 0.571. The molecule has 0 spiro atoms. The van der Waals surface area contributed by atoms with Crippen LogP contribution in [-0.2, 0) is 0 Å². The van der Waals surface area contributed by atoms with Gasteiger partial charge in [-0.2, -0.15) is 0 Å². The van der Waals surface area contributed by atoms with Crippen LogP contribution in [0.3, 0.4) is 0 Å². The van der Waals surface area contributed by atoms with Gasteiger partial charge in [-0.1, -0.05) is 33.6 Å². The number of hydrogen-bond acceptors (Lipinski definition) is 2. The van der Waals surface area contributed by atoms with E-state index in [1.54, 1.807) is 0 Å². The highest BCUT2D eigenvalue weighted by Crippen LogP contribution is 2.28. The monoisotopic (exact) mass is 331 g/mol. The normalized spacial score (nSPS) is 26.0. The van der Waals surface area contributed by atoms with Crippen LogP contribution in [0.1, 0.15) is 44.2 Å². The van der Waals surface area contributed by atoms with E-state index in [4.69, 9.17) is 11.6 Å². The van der Waals surface area contributed by atoms with Crippen molar-refractivity contribution in [3.05, 3.63) is 33.3 Å². The van der Waals surface area contributed by atoms with Gasteiger partial charge in [-0.15, -0.1) is 0 Å². The Morgan fingerprint density at radius 3 is 2.89 bits per heavy atom. The van der Waals surface area contributed by atoms with Gasteiger partial charge in [0, 0.05) is 21.6 Å². The number of aliphatic hydroxyl groups excluding tert-OH is 1. The first-order valence-corrected chi connectivity index (χ1v) is 7.62. The molecule has 0 radical (unpaired) electrons. The zero-order chi connectivity index (χ0) is 13.1. The smallest absolute Gasteiger partial charge is 0.0555 e.